The number of fused-ring (bicyclic) bond motifs is 1. The van der Waals surface area contributed by atoms with Crippen molar-refractivity contribution in [2.45, 2.75) is 25.7 Å². The zero-order chi connectivity index (χ0) is 14.0. The molecule has 0 spiro atoms. The van der Waals surface area contributed by atoms with Crippen molar-refractivity contribution < 1.29 is 4.74 Å². The van der Waals surface area contributed by atoms with Gasteiger partial charge in [0.1, 0.15) is 0 Å². The SMILES string of the molecule is COCCNCC1(Cc2ccc(Br)cc2)CC2CC2C1. The highest BCUT2D eigenvalue weighted by Crippen LogP contribution is 2.60. The molecule has 0 bridgehead atoms. The molecule has 3 rings (SSSR count). The molecule has 0 heterocycles. The van der Waals surface area contributed by atoms with Gasteiger partial charge in [0.15, 0.2) is 0 Å². The van der Waals surface area contributed by atoms with Gasteiger partial charge < -0.3 is 10.1 Å². The van der Waals surface area contributed by atoms with Crippen LogP contribution in [0.1, 0.15) is 24.8 Å². The van der Waals surface area contributed by atoms with Crippen LogP contribution in [0.2, 0.25) is 0 Å². The van der Waals surface area contributed by atoms with Gasteiger partial charge in [-0.2, -0.15) is 0 Å². The van der Waals surface area contributed by atoms with E-state index in [1.807, 2.05) is 0 Å². The average molecular weight is 338 g/mol. The Balaban J connectivity index is 1.62. The summed E-state index contributed by atoms with van der Waals surface area (Å²) < 4.78 is 6.30. The van der Waals surface area contributed by atoms with Crippen molar-refractivity contribution in [3.63, 3.8) is 0 Å². The van der Waals surface area contributed by atoms with Gasteiger partial charge in [-0.25, -0.2) is 0 Å². The van der Waals surface area contributed by atoms with Crippen LogP contribution in [0.15, 0.2) is 28.7 Å². The molecule has 1 N–H and O–H groups in total. The van der Waals surface area contributed by atoms with E-state index < -0.39 is 0 Å². The summed E-state index contributed by atoms with van der Waals surface area (Å²) in [6.07, 6.45) is 5.52. The smallest absolute Gasteiger partial charge is 0.0587 e. The van der Waals surface area contributed by atoms with E-state index in [-0.39, 0.29) is 0 Å². The van der Waals surface area contributed by atoms with Crippen LogP contribution in [-0.2, 0) is 11.2 Å². The normalized spacial score (nSPS) is 31.3. The van der Waals surface area contributed by atoms with E-state index in [2.05, 4.69) is 45.5 Å². The van der Waals surface area contributed by atoms with Crippen molar-refractivity contribution in [1.29, 1.82) is 0 Å². The monoisotopic (exact) mass is 337 g/mol. The van der Waals surface area contributed by atoms with Gasteiger partial charge in [0.25, 0.3) is 0 Å². The molecular formula is C17H24BrNO. The van der Waals surface area contributed by atoms with Crippen LogP contribution in [0.25, 0.3) is 0 Å². The Morgan fingerprint density at radius 1 is 1.25 bits per heavy atom. The zero-order valence-electron chi connectivity index (χ0n) is 12.2. The molecule has 1 aromatic rings. The Kier molecular flexibility index (Phi) is 4.49. The molecule has 2 saturated carbocycles. The summed E-state index contributed by atoms with van der Waals surface area (Å²) in [6, 6.07) is 8.87. The largest absolute Gasteiger partial charge is 0.383 e. The van der Waals surface area contributed by atoms with Gasteiger partial charge in [0, 0.05) is 24.7 Å². The third-order valence-corrected chi connectivity index (χ3v) is 5.46. The maximum Gasteiger partial charge on any atom is 0.0587 e. The van der Waals surface area contributed by atoms with E-state index in [1.54, 1.807) is 7.11 Å². The lowest BCUT2D eigenvalue weighted by atomic mass is 9.77. The lowest BCUT2D eigenvalue weighted by Gasteiger charge is -2.31. The minimum atomic E-state index is 0.481. The fraction of sp³-hybridized carbons (Fsp3) is 0.647. The lowest BCUT2D eigenvalue weighted by Crippen LogP contribution is -2.36. The number of nitrogens with one attached hydrogen (secondary N) is 1. The minimum absolute atomic E-state index is 0.481. The van der Waals surface area contributed by atoms with Crippen molar-refractivity contribution in [3.05, 3.63) is 34.3 Å². The summed E-state index contributed by atoms with van der Waals surface area (Å²) in [4.78, 5) is 0. The Hall–Kier alpha value is -0.380. The third kappa shape index (κ3) is 3.44. The number of rotatable bonds is 7. The molecule has 2 nitrogen and oxygen atoms in total. The third-order valence-electron chi connectivity index (χ3n) is 4.93. The molecule has 2 aliphatic carbocycles. The van der Waals surface area contributed by atoms with E-state index in [4.69, 9.17) is 4.74 Å². The molecule has 3 heteroatoms. The van der Waals surface area contributed by atoms with Crippen molar-refractivity contribution in [2.75, 3.05) is 26.8 Å². The fourth-order valence-electron chi connectivity index (χ4n) is 3.92. The Labute approximate surface area is 130 Å². The van der Waals surface area contributed by atoms with Crippen LogP contribution in [0.3, 0.4) is 0 Å². The van der Waals surface area contributed by atoms with E-state index in [0.717, 1.165) is 31.5 Å². The summed E-state index contributed by atoms with van der Waals surface area (Å²) in [5.74, 6) is 2.05. The highest BCUT2D eigenvalue weighted by Gasteiger charge is 2.53. The minimum Gasteiger partial charge on any atom is -0.383 e. The van der Waals surface area contributed by atoms with E-state index in [9.17, 15) is 0 Å². The molecule has 2 atom stereocenters. The standard InChI is InChI=1S/C17H24BrNO/c1-20-7-6-19-12-17(10-14-8-15(14)11-17)9-13-2-4-16(18)5-3-13/h2-5,14-15,19H,6-12H2,1H3. The van der Waals surface area contributed by atoms with E-state index in [1.165, 1.54) is 35.7 Å². The Bertz CT molecular complexity index is 435. The van der Waals surface area contributed by atoms with Crippen molar-refractivity contribution in [3.8, 4) is 0 Å². The second-order valence-corrected chi connectivity index (χ2v) is 7.55. The highest BCUT2D eigenvalue weighted by atomic mass is 79.9. The molecule has 1 aromatic carbocycles. The number of halogens is 1. The first-order valence-electron chi connectivity index (χ1n) is 7.65. The van der Waals surface area contributed by atoms with Crippen LogP contribution in [0.5, 0.6) is 0 Å². The quantitative estimate of drug-likeness (QED) is 0.767. The predicted molar refractivity (Wildman–Crippen MR) is 85.9 cm³/mol. The molecular weight excluding hydrogens is 314 g/mol. The molecule has 0 saturated heterocycles. The highest BCUT2D eigenvalue weighted by molar-refractivity contribution is 9.10. The molecule has 0 amide bonds. The zero-order valence-corrected chi connectivity index (χ0v) is 13.8. The van der Waals surface area contributed by atoms with Crippen molar-refractivity contribution in [1.82, 2.24) is 5.32 Å². The van der Waals surface area contributed by atoms with Crippen LogP contribution in [-0.4, -0.2) is 26.8 Å². The first-order valence-corrected chi connectivity index (χ1v) is 8.44. The number of benzene rings is 1. The number of methoxy groups -OCH3 is 1. The maximum atomic E-state index is 5.13. The van der Waals surface area contributed by atoms with Crippen LogP contribution in [0, 0.1) is 17.3 Å². The molecule has 110 valence electrons. The first kappa shape index (κ1) is 14.6. The van der Waals surface area contributed by atoms with Crippen LogP contribution >= 0.6 is 15.9 Å². The number of hydrogen-bond acceptors (Lipinski definition) is 2. The van der Waals surface area contributed by atoms with Gasteiger partial charge in [-0.05, 0) is 60.6 Å². The first-order chi connectivity index (χ1) is 9.71. The van der Waals surface area contributed by atoms with Crippen molar-refractivity contribution in [2.24, 2.45) is 17.3 Å². The topological polar surface area (TPSA) is 21.3 Å². The maximum absolute atomic E-state index is 5.13. The van der Waals surface area contributed by atoms with Gasteiger partial charge >= 0.3 is 0 Å². The predicted octanol–water partition coefficient (Wildman–Crippen LogP) is 3.64. The number of hydrogen-bond donors (Lipinski definition) is 1. The van der Waals surface area contributed by atoms with Crippen LogP contribution in [0.4, 0.5) is 0 Å². The van der Waals surface area contributed by atoms with E-state index in [0.29, 0.717) is 5.41 Å². The average Bonchev–Trinajstić information content (AvgIpc) is 3.06. The van der Waals surface area contributed by atoms with E-state index >= 15 is 0 Å². The van der Waals surface area contributed by atoms with Gasteiger partial charge in [0.05, 0.1) is 6.61 Å². The molecule has 20 heavy (non-hydrogen) atoms. The lowest BCUT2D eigenvalue weighted by molar-refractivity contribution is 0.186. The fourth-order valence-corrected chi connectivity index (χ4v) is 4.18. The molecule has 2 fully saturated rings. The number of ether oxygens (including phenoxy) is 1. The summed E-state index contributed by atoms with van der Waals surface area (Å²) in [5, 5.41) is 3.61. The molecule has 0 aliphatic heterocycles. The summed E-state index contributed by atoms with van der Waals surface area (Å²) in [5.41, 5.74) is 1.96. The molecule has 0 radical (unpaired) electrons. The molecule has 0 aromatic heterocycles. The van der Waals surface area contributed by atoms with Crippen molar-refractivity contribution >= 4 is 15.9 Å². The Morgan fingerprint density at radius 3 is 2.60 bits per heavy atom. The van der Waals surface area contributed by atoms with Gasteiger partial charge in [-0.15, -0.1) is 0 Å². The Morgan fingerprint density at radius 2 is 1.95 bits per heavy atom. The van der Waals surface area contributed by atoms with Gasteiger partial charge in [0.2, 0.25) is 0 Å². The molecule has 2 aliphatic rings. The van der Waals surface area contributed by atoms with Crippen LogP contribution < -0.4 is 5.32 Å². The second-order valence-electron chi connectivity index (χ2n) is 6.64. The molecule has 2 unspecified atom stereocenters. The summed E-state index contributed by atoms with van der Waals surface area (Å²) in [7, 11) is 1.77. The van der Waals surface area contributed by atoms with Gasteiger partial charge in [-0.3, -0.25) is 0 Å². The summed E-state index contributed by atoms with van der Waals surface area (Å²) >= 11 is 3.52. The van der Waals surface area contributed by atoms with Gasteiger partial charge in [-0.1, -0.05) is 28.1 Å². The summed E-state index contributed by atoms with van der Waals surface area (Å²) in [6.45, 7) is 2.91. The second kappa shape index (κ2) is 6.17.